The lowest BCUT2D eigenvalue weighted by atomic mass is 9.74. The molecule has 2 saturated heterocycles. The second kappa shape index (κ2) is 13.0. The molecule has 10 nitrogen and oxygen atoms in total. The normalized spacial score (nSPS) is 47.8. The second-order valence-electron chi connectivity index (χ2n) is 13.4. The van der Waals surface area contributed by atoms with Crippen LogP contribution in [-0.2, 0) is 28.5 Å². The van der Waals surface area contributed by atoms with E-state index in [0.717, 1.165) is 0 Å². The van der Waals surface area contributed by atoms with E-state index in [4.69, 9.17) is 18.9 Å². The Hall–Kier alpha value is -1.14. The zero-order valence-electron chi connectivity index (χ0n) is 26.2. The van der Waals surface area contributed by atoms with Gasteiger partial charge in [-0.1, -0.05) is 41.5 Å². The number of rotatable bonds is 4. The summed E-state index contributed by atoms with van der Waals surface area (Å²) >= 11 is 0. The van der Waals surface area contributed by atoms with Gasteiger partial charge < -0.3 is 39.4 Å². The van der Waals surface area contributed by atoms with Crippen LogP contribution in [0.1, 0.15) is 88.5 Å². The molecule has 2 fully saturated rings. The highest BCUT2D eigenvalue weighted by molar-refractivity contribution is 5.83. The van der Waals surface area contributed by atoms with E-state index in [-0.39, 0.29) is 18.6 Å². The molecule has 0 radical (unpaired) electrons. The number of ether oxygens (including phenoxy) is 4. The lowest BCUT2D eigenvalue weighted by molar-refractivity contribution is -0.282. The van der Waals surface area contributed by atoms with Crippen LogP contribution in [-0.4, -0.2) is 93.4 Å². The fourth-order valence-electron chi connectivity index (χ4n) is 6.57. The lowest BCUT2D eigenvalue weighted by Gasteiger charge is -2.47. The van der Waals surface area contributed by atoms with E-state index in [2.05, 4.69) is 0 Å². The van der Waals surface area contributed by atoms with Crippen molar-refractivity contribution in [1.82, 2.24) is 0 Å². The third-order valence-electron chi connectivity index (χ3n) is 9.59. The summed E-state index contributed by atoms with van der Waals surface area (Å²) in [4.78, 5) is 27.0. The summed E-state index contributed by atoms with van der Waals surface area (Å²) in [5, 5.41) is 44.7. The third kappa shape index (κ3) is 7.07. The molecule has 0 aromatic carbocycles. The zero-order chi connectivity index (χ0) is 31.0. The Kier molecular flexibility index (Phi) is 11.4. The Morgan fingerprint density at radius 3 is 1.98 bits per heavy atom. The monoisotopic (exact) mass is 574 g/mol. The molecule has 0 bridgehead atoms. The number of esters is 1. The summed E-state index contributed by atoms with van der Waals surface area (Å²) in [5.74, 6) is -4.18. The van der Waals surface area contributed by atoms with Crippen molar-refractivity contribution in [3.63, 3.8) is 0 Å². The predicted octanol–water partition coefficient (Wildman–Crippen LogP) is 2.61. The van der Waals surface area contributed by atoms with Gasteiger partial charge in [0.15, 0.2) is 6.29 Å². The second-order valence-corrected chi connectivity index (χ2v) is 13.4. The first-order valence-electron chi connectivity index (χ1n) is 14.6. The minimum Gasteiger partial charge on any atom is -0.459 e. The quantitative estimate of drug-likeness (QED) is 0.369. The molecule has 2 aliphatic rings. The van der Waals surface area contributed by atoms with Crippen LogP contribution in [0, 0.1) is 29.1 Å². The fraction of sp³-hybridized carbons (Fsp3) is 0.933. The highest BCUT2D eigenvalue weighted by Gasteiger charge is 2.51. The Labute approximate surface area is 239 Å². The van der Waals surface area contributed by atoms with Crippen LogP contribution in [0.3, 0.4) is 0 Å². The van der Waals surface area contributed by atoms with Crippen molar-refractivity contribution in [3.05, 3.63) is 0 Å². The van der Waals surface area contributed by atoms with E-state index in [1.165, 1.54) is 21.0 Å². The van der Waals surface area contributed by atoms with Crippen molar-refractivity contribution in [2.75, 3.05) is 7.11 Å². The molecule has 40 heavy (non-hydrogen) atoms. The molecule has 0 aromatic rings. The van der Waals surface area contributed by atoms with Crippen LogP contribution >= 0.6 is 0 Å². The average molecular weight is 575 g/mol. The van der Waals surface area contributed by atoms with E-state index < -0.39 is 89.2 Å². The number of Topliss-reactive ketones (excluding diaryl/α,β-unsaturated/α-hetero) is 1. The SMILES string of the molecule is CC[C@H]1OC(=O)[C@H](C)[C@@H](O[C@H]2CC(C)(C)C(O)[C@H](C)O2)[C@H](C)[C@@H](O)[C@](C)(OC)C[C@@H](C)C(=O)[C@H](C)[C@@H](O)[C@]1(C)O. The van der Waals surface area contributed by atoms with Crippen LogP contribution in [0.5, 0.6) is 0 Å². The van der Waals surface area contributed by atoms with Gasteiger partial charge in [-0.2, -0.15) is 0 Å². The summed E-state index contributed by atoms with van der Waals surface area (Å²) < 4.78 is 24.0. The van der Waals surface area contributed by atoms with Crippen LogP contribution in [0.4, 0.5) is 0 Å². The summed E-state index contributed by atoms with van der Waals surface area (Å²) in [6.07, 6.45) is -6.02. The van der Waals surface area contributed by atoms with Gasteiger partial charge in [-0.25, -0.2) is 0 Å². The summed E-state index contributed by atoms with van der Waals surface area (Å²) in [6.45, 7) is 17.0. The minimum atomic E-state index is -1.91. The average Bonchev–Trinajstić information content (AvgIpc) is 2.89. The summed E-state index contributed by atoms with van der Waals surface area (Å²) in [7, 11) is 1.45. The van der Waals surface area contributed by atoms with Crippen molar-refractivity contribution >= 4 is 11.8 Å². The smallest absolute Gasteiger partial charge is 0.311 e. The maximum atomic E-state index is 13.6. The maximum absolute atomic E-state index is 13.6. The van der Waals surface area contributed by atoms with Gasteiger partial charge >= 0.3 is 5.97 Å². The van der Waals surface area contributed by atoms with Crippen molar-refractivity contribution in [2.24, 2.45) is 29.1 Å². The Bertz CT molecular complexity index is 875. The van der Waals surface area contributed by atoms with Crippen LogP contribution in [0.2, 0.25) is 0 Å². The van der Waals surface area contributed by atoms with Gasteiger partial charge in [0, 0.05) is 31.3 Å². The molecule has 10 heteroatoms. The van der Waals surface area contributed by atoms with Crippen molar-refractivity contribution in [2.45, 2.75) is 143 Å². The number of aliphatic hydroxyl groups is 4. The zero-order valence-corrected chi connectivity index (χ0v) is 26.2. The highest BCUT2D eigenvalue weighted by Crippen LogP contribution is 2.40. The van der Waals surface area contributed by atoms with Crippen LogP contribution in [0.15, 0.2) is 0 Å². The lowest BCUT2D eigenvalue weighted by Crippen LogP contribution is -2.58. The van der Waals surface area contributed by atoms with Gasteiger partial charge in [-0.15, -0.1) is 0 Å². The Morgan fingerprint density at radius 2 is 1.48 bits per heavy atom. The molecular weight excluding hydrogens is 520 g/mol. The largest absolute Gasteiger partial charge is 0.459 e. The molecule has 2 heterocycles. The summed E-state index contributed by atoms with van der Waals surface area (Å²) in [6, 6.07) is 0. The van der Waals surface area contributed by atoms with Gasteiger partial charge in [0.05, 0.1) is 42.0 Å². The standard InChI is InChI=1S/C30H54O10/c1-12-20-30(10,36)25(33)16(3)22(31)15(2)13-29(9,37-11)24(32)17(4)23(18(5)27(35)39-20)40-21-14-28(7,8)26(34)19(6)38-21/h15-21,23-26,32-34,36H,12-14H2,1-11H3/t15-,16+,17+,18-,19+,20-,21+,23+,24-,25-,26?,29-,30-/m1/s1. The molecule has 4 N–H and O–H groups in total. The van der Waals surface area contributed by atoms with E-state index in [1.54, 1.807) is 41.5 Å². The molecule has 0 spiro atoms. The molecular formula is C30H54O10. The molecule has 0 aromatic heterocycles. The molecule has 0 saturated carbocycles. The van der Waals surface area contributed by atoms with Gasteiger partial charge in [-0.05, 0) is 46.0 Å². The first-order valence-corrected chi connectivity index (χ1v) is 14.6. The molecule has 2 rings (SSSR count). The predicted molar refractivity (Wildman–Crippen MR) is 148 cm³/mol. The fourth-order valence-corrected chi connectivity index (χ4v) is 6.57. The molecule has 2 aliphatic heterocycles. The molecule has 234 valence electrons. The number of hydrogen-bond donors (Lipinski definition) is 4. The van der Waals surface area contributed by atoms with E-state index in [0.29, 0.717) is 6.42 Å². The molecule has 0 aliphatic carbocycles. The number of ketones is 1. The third-order valence-corrected chi connectivity index (χ3v) is 9.59. The van der Waals surface area contributed by atoms with Gasteiger partial charge in [0.1, 0.15) is 17.5 Å². The maximum Gasteiger partial charge on any atom is 0.311 e. The minimum absolute atomic E-state index is 0.131. The van der Waals surface area contributed by atoms with Crippen LogP contribution in [0.25, 0.3) is 0 Å². The van der Waals surface area contributed by atoms with Gasteiger partial charge in [0.25, 0.3) is 0 Å². The van der Waals surface area contributed by atoms with Gasteiger partial charge in [-0.3, -0.25) is 9.59 Å². The number of methoxy groups -OCH3 is 1. The first kappa shape index (κ1) is 35.1. The van der Waals surface area contributed by atoms with Crippen molar-refractivity contribution in [3.8, 4) is 0 Å². The van der Waals surface area contributed by atoms with E-state index in [9.17, 15) is 30.0 Å². The number of carbonyl (C=O) groups excluding carboxylic acids is 2. The van der Waals surface area contributed by atoms with Crippen LogP contribution < -0.4 is 0 Å². The van der Waals surface area contributed by atoms with Gasteiger partial charge in [0.2, 0.25) is 0 Å². The number of carbonyl (C=O) groups is 2. The van der Waals surface area contributed by atoms with Crippen molar-refractivity contribution in [1.29, 1.82) is 0 Å². The number of hydrogen-bond acceptors (Lipinski definition) is 10. The molecule has 1 unspecified atom stereocenters. The van der Waals surface area contributed by atoms with Crippen molar-refractivity contribution < 1.29 is 49.0 Å². The topological polar surface area (TPSA) is 152 Å². The Balaban J connectivity index is 2.58. The summed E-state index contributed by atoms with van der Waals surface area (Å²) in [5.41, 5.74) is -3.64. The highest BCUT2D eigenvalue weighted by atomic mass is 16.7. The molecule has 0 amide bonds. The number of aliphatic hydroxyl groups excluding tert-OH is 3. The Morgan fingerprint density at radius 1 is 0.900 bits per heavy atom. The van der Waals surface area contributed by atoms with E-state index in [1.807, 2.05) is 13.8 Å². The number of cyclic esters (lactones) is 1. The van der Waals surface area contributed by atoms with E-state index >= 15 is 0 Å². The molecule has 13 atom stereocenters. The first-order chi connectivity index (χ1) is 18.2.